The zero-order valence-electron chi connectivity index (χ0n) is 11.4. The maximum absolute atomic E-state index is 11.4. The van der Waals surface area contributed by atoms with Gasteiger partial charge in [0.15, 0.2) is 0 Å². The molecule has 5 heteroatoms. The lowest BCUT2D eigenvalue weighted by Crippen LogP contribution is -2.32. The van der Waals surface area contributed by atoms with Crippen LogP contribution in [0.3, 0.4) is 0 Å². The van der Waals surface area contributed by atoms with Crippen LogP contribution >= 0.6 is 0 Å². The van der Waals surface area contributed by atoms with Crippen LogP contribution in [0.25, 0.3) is 0 Å². The number of hydrogen-bond donors (Lipinski definition) is 3. The SMILES string of the molecule is CCCCC(O)CCC(=O)OCC(C)(CO)CO. The van der Waals surface area contributed by atoms with E-state index in [9.17, 15) is 9.90 Å². The van der Waals surface area contributed by atoms with Gasteiger partial charge in [-0.05, 0) is 12.8 Å². The van der Waals surface area contributed by atoms with E-state index >= 15 is 0 Å². The van der Waals surface area contributed by atoms with Crippen molar-refractivity contribution < 1.29 is 24.9 Å². The molecule has 0 aromatic carbocycles. The second kappa shape index (κ2) is 9.30. The summed E-state index contributed by atoms with van der Waals surface area (Å²) >= 11 is 0. The first-order valence-electron chi connectivity index (χ1n) is 6.53. The van der Waals surface area contributed by atoms with E-state index in [1.54, 1.807) is 6.92 Å². The molecule has 0 saturated carbocycles. The molecular formula is C13H26O5. The molecule has 0 aromatic rings. The number of ether oxygens (including phenoxy) is 1. The van der Waals surface area contributed by atoms with E-state index < -0.39 is 17.5 Å². The third-order valence-corrected chi connectivity index (χ3v) is 2.92. The zero-order chi connectivity index (χ0) is 14.0. The summed E-state index contributed by atoms with van der Waals surface area (Å²) in [5.74, 6) is -0.404. The minimum absolute atomic E-state index is 0.0100. The van der Waals surface area contributed by atoms with E-state index in [0.717, 1.165) is 12.8 Å². The number of carbonyl (C=O) groups is 1. The Bertz CT molecular complexity index is 225. The van der Waals surface area contributed by atoms with Gasteiger partial charge in [0.1, 0.15) is 6.61 Å². The summed E-state index contributed by atoms with van der Waals surface area (Å²) in [4.78, 5) is 11.4. The van der Waals surface area contributed by atoms with Crippen LogP contribution in [0, 0.1) is 5.41 Å². The van der Waals surface area contributed by atoms with Crippen LogP contribution < -0.4 is 0 Å². The molecule has 0 rings (SSSR count). The third kappa shape index (κ3) is 7.63. The van der Waals surface area contributed by atoms with Gasteiger partial charge >= 0.3 is 5.97 Å². The van der Waals surface area contributed by atoms with Crippen molar-refractivity contribution in [2.75, 3.05) is 19.8 Å². The lowest BCUT2D eigenvalue weighted by molar-refractivity contribution is -0.149. The van der Waals surface area contributed by atoms with Crippen molar-refractivity contribution >= 4 is 5.97 Å². The number of hydrogen-bond acceptors (Lipinski definition) is 5. The highest BCUT2D eigenvalue weighted by Crippen LogP contribution is 2.15. The first-order valence-corrected chi connectivity index (χ1v) is 6.53. The highest BCUT2D eigenvalue weighted by molar-refractivity contribution is 5.69. The smallest absolute Gasteiger partial charge is 0.305 e. The van der Waals surface area contributed by atoms with Crippen LogP contribution in [-0.4, -0.2) is 47.2 Å². The molecule has 0 aromatic heterocycles. The summed E-state index contributed by atoms with van der Waals surface area (Å²) in [6.45, 7) is 3.19. The molecule has 0 spiro atoms. The molecule has 0 saturated heterocycles. The standard InChI is InChI=1S/C13H26O5/c1-3-4-5-11(16)6-7-12(17)18-10-13(2,8-14)9-15/h11,14-16H,3-10H2,1-2H3. The largest absolute Gasteiger partial charge is 0.465 e. The van der Waals surface area contributed by atoms with E-state index in [-0.39, 0.29) is 26.2 Å². The lowest BCUT2D eigenvalue weighted by Gasteiger charge is -2.23. The highest BCUT2D eigenvalue weighted by Gasteiger charge is 2.24. The van der Waals surface area contributed by atoms with Crippen LogP contribution in [0.5, 0.6) is 0 Å². The summed E-state index contributed by atoms with van der Waals surface area (Å²) in [6, 6.07) is 0. The van der Waals surface area contributed by atoms with E-state index in [4.69, 9.17) is 14.9 Å². The van der Waals surface area contributed by atoms with E-state index in [1.807, 2.05) is 6.92 Å². The van der Waals surface area contributed by atoms with E-state index in [2.05, 4.69) is 0 Å². The van der Waals surface area contributed by atoms with Gasteiger partial charge in [-0.25, -0.2) is 0 Å². The number of unbranched alkanes of at least 4 members (excludes halogenated alkanes) is 1. The summed E-state index contributed by atoms with van der Waals surface area (Å²) in [5.41, 5.74) is -0.795. The fourth-order valence-corrected chi connectivity index (χ4v) is 1.34. The zero-order valence-corrected chi connectivity index (χ0v) is 11.4. The van der Waals surface area contributed by atoms with E-state index in [1.165, 1.54) is 0 Å². The van der Waals surface area contributed by atoms with Gasteiger partial charge in [-0.2, -0.15) is 0 Å². The highest BCUT2D eigenvalue weighted by atomic mass is 16.5. The molecule has 0 amide bonds. The van der Waals surface area contributed by atoms with Crippen molar-refractivity contribution in [3.05, 3.63) is 0 Å². The van der Waals surface area contributed by atoms with Gasteiger partial charge in [-0.1, -0.05) is 26.7 Å². The van der Waals surface area contributed by atoms with Crippen LogP contribution in [-0.2, 0) is 9.53 Å². The minimum atomic E-state index is -0.795. The number of aliphatic hydroxyl groups excluding tert-OH is 3. The monoisotopic (exact) mass is 262 g/mol. The molecule has 0 fully saturated rings. The van der Waals surface area contributed by atoms with Crippen LogP contribution in [0.4, 0.5) is 0 Å². The third-order valence-electron chi connectivity index (χ3n) is 2.92. The van der Waals surface area contributed by atoms with Crippen molar-refractivity contribution in [2.45, 2.75) is 52.1 Å². The molecule has 0 bridgehead atoms. The van der Waals surface area contributed by atoms with Crippen molar-refractivity contribution in [3.8, 4) is 0 Å². The second-order valence-corrected chi connectivity index (χ2v) is 5.12. The maximum atomic E-state index is 11.4. The van der Waals surface area contributed by atoms with Gasteiger partial charge in [0.05, 0.1) is 19.3 Å². The Labute approximate surface area is 109 Å². The Kier molecular flexibility index (Phi) is 8.97. The molecule has 0 heterocycles. The van der Waals surface area contributed by atoms with Crippen molar-refractivity contribution in [2.24, 2.45) is 5.41 Å². The molecular weight excluding hydrogens is 236 g/mol. The first-order chi connectivity index (χ1) is 8.47. The van der Waals surface area contributed by atoms with Crippen molar-refractivity contribution in [3.63, 3.8) is 0 Å². The number of aliphatic hydroxyl groups is 3. The van der Waals surface area contributed by atoms with Gasteiger partial charge in [0.2, 0.25) is 0 Å². The van der Waals surface area contributed by atoms with Gasteiger partial charge in [-0.15, -0.1) is 0 Å². The van der Waals surface area contributed by atoms with Gasteiger partial charge in [-0.3, -0.25) is 4.79 Å². The van der Waals surface area contributed by atoms with Crippen molar-refractivity contribution in [1.29, 1.82) is 0 Å². The summed E-state index contributed by atoms with van der Waals surface area (Å²) in [6.07, 6.45) is 2.77. The molecule has 0 aliphatic heterocycles. The molecule has 18 heavy (non-hydrogen) atoms. The fraction of sp³-hybridized carbons (Fsp3) is 0.923. The minimum Gasteiger partial charge on any atom is -0.465 e. The molecule has 0 aliphatic rings. The molecule has 0 aliphatic carbocycles. The normalized spacial score (nSPS) is 13.4. The quantitative estimate of drug-likeness (QED) is 0.508. The second-order valence-electron chi connectivity index (χ2n) is 5.12. The summed E-state index contributed by atoms with van der Waals surface area (Å²) in [7, 11) is 0. The maximum Gasteiger partial charge on any atom is 0.305 e. The van der Waals surface area contributed by atoms with Crippen LogP contribution in [0.2, 0.25) is 0 Å². The average molecular weight is 262 g/mol. The van der Waals surface area contributed by atoms with Crippen LogP contribution in [0.15, 0.2) is 0 Å². The Balaban J connectivity index is 3.78. The molecule has 108 valence electrons. The van der Waals surface area contributed by atoms with Gasteiger partial charge in [0.25, 0.3) is 0 Å². The molecule has 1 unspecified atom stereocenters. The van der Waals surface area contributed by atoms with E-state index in [0.29, 0.717) is 12.8 Å². The first kappa shape index (κ1) is 17.4. The predicted molar refractivity (Wildman–Crippen MR) is 68.0 cm³/mol. The van der Waals surface area contributed by atoms with Crippen LogP contribution in [0.1, 0.15) is 46.0 Å². The van der Waals surface area contributed by atoms with Gasteiger partial charge < -0.3 is 20.1 Å². The summed E-state index contributed by atoms with van der Waals surface area (Å²) in [5, 5.41) is 27.6. The Morgan fingerprint density at radius 1 is 1.28 bits per heavy atom. The number of rotatable bonds is 10. The number of carbonyl (C=O) groups excluding carboxylic acids is 1. The number of esters is 1. The molecule has 5 nitrogen and oxygen atoms in total. The summed E-state index contributed by atoms with van der Waals surface area (Å²) < 4.78 is 4.97. The van der Waals surface area contributed by atoms with Gasteiger partial charge in [0, 0.05) is 11.8 Å². The Hall–Kier alpha value is -0.650. The Morgan fingerprint density at radius 3 is 2.39 bits per heavy atom. The molecule has 3 N–H and O–H groups in total. The topological polar surface area (TPSA) is 87.0 Å². The molecule has 0 radical (unpaired) electrons. The Morgan fingerprint density at radius 2 is 1.89 bits per heavy atom. The predicted octanol–water partition coefficient (Wildman–Crippen LogP) is 0.852. The molecule has 1 atom stereocenters. The average Bonchev–Trinajstić information content (AvgIpc) is 2.40. The van der Waals surface area contributed by atoms with Crippen molar-refractivity contribution in [1.82, 2.24) is 0 Å². The lowest BCUT2D eigenvalue weighted by atomic mass is 9.94. The fourth-order valence-electron chi connectivity index (χ4n) is 1.34.